The van der Waals surface area contributed by atoms with Gasteiger partial charge in [-0.1, -0.05) is 11.6 Å². The molecular weight excluding hydrogens is 320 g/mol. The molecule has 0 aliphatic heterocycles. The van der Waals surface area contributed by atoms with Gasteiger partial charge in [-0.05, 0) is 46.1 Å². The molecule has 0 aliphatic rings. The number of rotatable bonds is 4. The maximum atomic E-state index is 6.17. The summed E-state index contributed by atoms with van der Waals surface area (Å²) in [5.74, 6) is 0. The first-order valence-electron chi connectivity index (χ1n) is 5.21. The van der Waals surface area contributed by atoms with Crippen molar-refractivity contribution in [2.24, 2.45) is 0 Å². The van der Waals surface area contributed by atoms with E-state index < -0.39 is 0 Å². The van der Waals surface area contributed by atoms with Gasteiger partial charge in [-0.15, -0.1) is 11.3 Å². The minimum atomic E-state index is 0.209. The van der Waals surface area contributed by atoms with Crippen LogP contribution in [0, 0.1) is 0 Å². The van der Waals surface area contributed by atoms with E-state index >= 15 is 0 Å². The molecule has 2 aromatic heterocycles. The Morgan fingerprint density at radius 2 is 2.35 bits per heavy atom. The summed E-state index contributed by atoms with van der Waals surface area (Å²) < 4.78 is 1.16. The maximum Gasteiger partial charge on any atom is 0.0637 e. The first kappa shape index (κ1) is 13.0. The molecule has 0 aromatic carbocycles. The number of halogens is 2. The van der Waals surface area contributed by atoms with Crippen LogP contribution in [0.3, 0.4) is 0 Å². The standard InChI is InChI=1S/C12H12BrClN2S/c1-15-11(6-12-9(13)3-5-17-12)8-2-4-16-7-10(8)14/h2-5,7,11,15H,6H2,1H3. The molecule has 1 N–H and O–H groups in total. The van der Waals surface area contributed by atoms with Crippen molar-refractivity contribution in [3.05, 3.63) is 49.8 Å². The topological polar surface area (TPSA) is 24.9 Å². The highest BCUT2D eigenvalue weighted by Gasteiger charge is 2.15. The molecule has 0 bridgehead atoms. The van der Waals surface area contributed by atoms with Gasteiger partial charge in [0.15, 0.2) is 0 Å². The minimum Gasteiger partial charge on any atom is -0.313 e. The fraction of sp³-hybridized carbons (Fsp3) is 0.250. The van der Waals surface area contributed by atoms with E-state index in [2.05, 4.69) is 37.7 Å². The minimum absolute atomic E-state index is 0.209. The van der Waals surface area contributed by atoms with Gasteiger partial charge in [0.2, 0.25) is 0 Å². The molecular formula is C12H12BrClN2S. The van der Waals surface area contributed by atoms with Gasteiger partial charge in [0.25, 0.3) is 0 Å². The van der Waals surface area contributed by atoms with Crippen molar-refractivity contribution in [3.8, 4) is 0 Å². The van der Waals surface area contributed by atoms with Gasteiger partial charge in [-0.3, -0.25) is 4.98 Å². The smallest absolute Gasteiger partial charge is 0.0637 e. The van der Waals surface area contributed by atoms with Gasteiger partial charge >= 0.3 is 0 Å². The first-order valence-corrected chi connectivity index (χ1v) is 7.26. The normalized spacial score (nSPS) is 12.6. The van der Waals surface area contributed by atoms with Crippen LogP contribution in [0.15, 0.2) is 34.4 Å². The molecule has 0 fully saturated rings. The predicted octanol–water partition coefficient (Wildman–Crippen LogP) is 4.06. The van der Waals surface area contributed by atoms with Gasteiger partial charge in [0.1, 0.15) is 0 Å². The average Bonchev–Trinajstić information content (AvgIpc) is 2.73. The monoisotopic (exact) mass is 330 g/mol. The highest BCUT2D eigenvalue weighted by molar-refractivity contribution is 9.10. The fourth-order valence-electron chi connectivity index (χ4n) is 1.69. The molecule has 0 spiro atoms. The molecule has 0 amide bonds. The van der Waals surface area contributed by atoms with E-state index in [0.717, 1.165) is 16.5 Å². The van der Waals surface area contributed by atoms with Crippen molar-refractivity contribution in [1.82, 2.24) is 10.3 Å². The zero-order valence-electron chi connectivity index (χ0n) is 9.28. The molecule has 0 radical (unpaired) electrons. The van der Waals surface area contributed by atoms with E-state index in [-0.39, 0.29) is 6.04 Å². The van der Waals surface area contributed by atoms with E-state index in [9.17, 15) is 0 Å². The lowest BCUT2D eigenvalue weighted by Crippen LogP contribution is -2.19. The summed E-state index contributed by atoms with van der Waals surface area (Å²) in [5.41, 5.74) is 1.09. The summed E-state index contributed by atoms with van der Waals surface area (Å²) >= 11 is 11.5. The van der Waals surface area contributed by atoms with Gasteiger partial charge in [0.05, 0.1) is 5.02 Å². The first-order chi connectivity index (χ1) is 8.22. The number of hydrogen-bond acceptors (Lipinski definition) is 3. The molecule has 2 rings (SSSR count). The van der Waals surface area contributed by atoms with Crippen molar-refractivity contribution in [2.45, 2.75) is 12.5 Å². The lowest BCUT2D eigenvalue weighted by molar-refractivity contribution is 0.595. The zero-order valence-corrected chi connectivity index (χ0v) is 12.4. The number of thiophene rings is 1. The third kappa shape index (κ3) is 3.07. The Balaban J connectivity index is 2.23. The molecule has 0 aliphatic carbocycles. The van der Waals surface area contributed by atoms with Gasteiger partial charge in [-0.25, -0.2) is 0 Å². The van der Waals surface area contributed by atoms with Crippen LogP contribution in [0.4, 0.5) is 0 Å². The maximum absolute atomic E-state index is 6.17. The third-order valence-corrected chi connectivity index (χ3v) is 4.87. The Labute approximate surface area is 118 Å². The number of nitrogens with zero attached hydrogens (tertiary/aromatic N) is 1. The van der Waals surface area contributed by atoms with E-state index in [1.807, 2.05) is 13.1 Å². The van der Waals surface area contributed by atoms with Crippen LogP contribution >= 0.6 is 38.9 Å². The Bertz CT molecular complexity index is 501. The molecule has 0 saturated carbocycles. The van der Waals surface area contributed by atoms with Crippen LogP contribution in [0.25, 0.3) is 0 Å². The van der Waals surface area contributed by atoms with Crippen LogP contribution in [0.2, 0.25) is 5.02 Å². The summed E-state index contributed by atoms with van der Waals surface area (Å²) in [5, 5.41) is 6.09. The second-order valence-corrected chi connectivity index (χ2v) is 5.90. The molecule has 0 saturated heterocycles. The third-order valence-electron chi connectivity index (χ3n) is 2.61. The van der Waals surface area contributed by atoms with Crippen molar-refractivity contribution in [3.63, 3.8) is 0 Å². The van der Waals surface area contributed by atoms with Crippen molar-refractivity contribution in [2.75, 3.05) is 7.05 Å². The SMILES string of the molecule is CNC(Cc1sccc1Br)c1ccncc1Cl. The highest BCUT2D eigenvalue weighted by atomic mass is 79.9. The largest absolute Gasteiger partial charge is 0.313 e. The zero-order chi connectivity index (χ0) is 12.3. The molecule has 1 unspecified atom stereocenters. The molecule has 17 heavy (non-hydrogen) atoms. The lowest BCUT2D eigenvalue weighted by Gasteiger charge is -2.17. The van der Waals surface area contributed by atoms with E-state index in [4.69, 9.17) is 11.6 Å². The fourth-order valence-corrected chi connectivity index (χ4v) is 3.50. The predicted molar refractivity (Wildman–Crippen MR) is 76.8 cm³/mol. The quantitative estimate of drug-likeness (QED) is 0.914. The van der Waals surface area contributed by atoms with Crippen molar-refractivity contribution >= 4 is 38.9 Å². The molecule has 2 heterocycles. The molecule has 90 valence electrons. The van der Waals surface area contributed by atoms with E-state index in [1.165, 1.54) is 4.88 Å². The van der Waals surface area contributed by atoms with Gasteiger partial charge in [-0.2, -0.15) is 0 Å². The highest BCUT2D eigenvalue weighted by Crippen LogP contribution is 2.30. The van der Waals surface area contributed by atoms with Crippen molar-refractivity contribution < 1.29 is 0 Å². The van der Waals surface area contributed by atoms with Gasteiger partial charge in [0, 0.05) is 34.2 Å². The Hall–Kier alpha value is -0.420. The van der Waals surface area contributed by atoms with Crippen LogP contribution in [-0.2, 0) is 6.42 Å². The number of likely N-dealkylation sites (N-methyl/N-ethyl adjacent to an activating group) is 1. The molecule has 2 nitrogen and oxygen atoms in total. The Kier molecular flexibility index (Phi) is 4.56. The Morgan fingerprint density at radius 3 is 2.94 bits per heavy atom. The molecule has 5 heteroatoms. The van der Waals surface area contributed by atoms with E-state index in [0.29, 0.717) is 5.02 Å². The van der Waals surface area contributed by atoms with Crippen LogP contribution in [0.5, 0.6) is 0 Å². The number of pyridine rings is 1. The summed E-state index contributed by atoms with van der Waals surface area (Å²) in [7, 11) is 1.95. The van der Waals surface area contributed by atoms with Gasteiger partial charge < -0.3 is 5.32 Å². The number of hydrogen-bond donors (Lipinski definition) is 1. The second-order valence-electron chi connectivity index (χ2n) is 3.63. The summed E-state index contributed by atoms with van der Waals surface area (Å²) in [4.78, 5) is 5.33. The average molecular weight is 332 g/mol. The summed E-state index contributed by atoms with van der Waals surface area (Å²) in [6, 6.07) is 4.24. The summed E-state index contributed by atoms with van der Waals surface area (Å²) in [6.07, 6.45) is 4.37. The van der Waals surface area contributed by atoms with Crippen molar-refractivity contribution in [1.29, 1.82) is 0 Å². The number of aromatic nitrogens is 1. The summed E-state index contributed by atoms with van der Waals surface area (Å²) in [6.45, 7) is 0. The molecule has 1 atom stereocenters. The lowest BCUT2D eigenvalue weighted by atomic mass is 10.0. The molecule has 2 aromatic rings. The number of nitrogens with one attached hydrogen (secondary N) is 1. The van der Waals surface area contributed by atoms with Crippen LogP contribution < -0.4 is 5.32 Å². The Morgan fingerprint density at radius 1 is 1.53 bits per heavy atom. The second kappa shape index (κ2) is 5.96. The van der Waals surface area contributed by atoms with Crippen LogP contribution in [0.1, 0.15) is 16.5 Å². The van der Waals surface area contributed by atoms with Crippen LogP contribution in [-0.4, -0.2) is 12.0 Å². The van der Waals surface area contributed by atoms with E-state index in [1.54, 1.807) is 23.7 Å².